The Morgan fingerprint density at radius 2 is 1.85 bits per heavy atom. The van der Waals surface area contributed by atoms with Gasteiger partial charge < -0.3 is 24.8 Å². The molecule has 2 N–H and O–H groups in total. The SMILES string of the molecule is COC(=O)C(CCCNC(=O)OCc1ccccc1)NC(=O)[C@@H]1CCCN1C(=O)OC(C)(C)C. The predicted molar refractivity (Wildman–Crippen MR) is 124 cm³/mol. The Balaban J connectivity index is 1.81. The van der Waals surface area contributed by atoms with Crippen molar-refractivity contribution in [2.75, 3.05) is 20.2 Å². The van der Waals surface area contributed by atoms with Gasteiger partial charge in [-0.15, -0.1) is 0 Å². The molecule has 0 bridgehead atoms. The minimum Gasteiger partial charge on any atom is -0.467 e. The summed E-state index contributed by atoms with van der Waals surface area (Å²) in [6.45, 7) is 6.09. The second-order valence-electron chi connectivity index (χ2n) is 9.05. The molecule has 1 aromatic carbocycles. The fraction of sp³-hybridized carbons (Fsp3) is 0.583. The lowest BCUT2D eigenvalue weighted by atomic mass is 10.1. The van der Waals surface area contributed by atoms with Gasteiger partial charge in [0.15, 0.2) is 0 Å². The van der Waals surface area contributed by atoms with Crippen LogP contribution in [0.4, 0.5) is 9.59 Å². The molecule has 0 aromatic heterocycles. The average Bonchev–Trinajstić information content (AvgIpc) is 3.29. The topological polar surface area (TPSA) is 123 Å². The van der Waals surface area contributed by atoms with E-state index in [9.17, 15) is 19.2 Å². The highest BCUT2D eigenvalue weighted by Crippen LogP contribution is 2.21. The van der Waals surface area contributed by atoms with Crippen molar-refractivity contribution in [2.45, 2.75) is 70.7 Å². The summed E-state index contributed by atoms with van der Waals surface area (Å²) >= 11 is 0. The highest BCUT2D eigenvalue weighted by Gasteiger charge is 2.38. The summed E-state index contributed by atoms with van der Waals surface area (Å²) in [6, 6.07) is 7.68. The van der Waals surface area contributed by atoms with E-state index in [1.165, 1.54) is 12.0 Å². The third-order valence-corrected chi connectivity index (χ3v) is 5.14. The summed E-state index contributed by atoms with van der Waals surface area (Å²) in [5, 5.41) is 5.31. The quantitative estimate of drug-likeness (QED) is 0.318. The fourth-order valence-corrected chi connectivity index (χ4v) is 3.51. The van der Waals surface area contributed by atoms with Gasteiger partial charge in [-0.2, -0.15) is 0 Å². The molecule has 1 fully saturated rings. The monoisotopic (exact) mass is 477 g/mol. The number of esters is 1. The van der Waals surface area contributed by atoms with Crippen molar-refractivity contribution in [1.82, 2.24) is 15.5 Å². The van der Waals surface area contributed by atoms with Gasteiger partial charge in [0.05, 0.1) is 7.11 Å². The maximum atomic E-state index is 12.9. The highest BCUT2D eigenvalue weighted by molar-refractivity contribution is 5.90. The van der Waals surface area contributed by atoms with Crippen molar-refractivity contribution in [3.8, 4) is 0 Å². The van der Waals surface area contributed by atoms with E-state index in [0.29, 0.717) is 25.8 Å². The predicted octanol–water partition coefficient (Wildman–Crippen LogP) is 2.75. The van der Waals surface area contributed by atoms with E-state index in [-0.39, 0.29) is 19.6 Å². The van der Waals surface area contributed by atoms with E-state index < -0.39 is 41.7 Å². The molecule has 10 nitrogen and oxygen atoms in total. The smallest absolute Gasteiger partial charge is 0.410 e. The zero-order valence-electron chi connectivity index (χ0n) is 20.3. The number of nitrogens with one attached hydrogen (secondary N) is 2. The van der Waals surface area contributed by atoms with Crippen molar-refractivity contribution >= 4 is 24.1 Å². The standard InChI is InChI=1S/C24H35N3O7/c1-24(2,3)34-23(31)27-15-9-13-19(27)20(28)26-18(21(29)32-4)12-8-14-25-22(30)33-16-17-10-6-5-7-11-17/h5-7,10-11,18-19H,8-9,12-16H2,1-4H3,(H,25,30)(H,26,28)/t18?,19-/m0/s1. The van der Waals surface area contributed by atoms with Crippen LogP contribution in [0.3, 0.4) is 0 Å². The number of amides is 3. The van der Waals surface area contributed by atoms with Gasteiger partial charge in [-0.05, 0) is 52.0 Å². The number of hydrogen-bond donors (Lipinski definition) is 2. The van der Waals surface area contributed by atoms with Crippen molar-refractivity contribution < 1.29 is 33.4 Å². The minimum atomic E-state index is -0.902. The summed E-state index contributed by atoms with van der Waals surface area (Å²) < 4.78 is 15.3. The average molecular weight is 478 g/mol. The van der Waals surface area contributed by atoms with E-state index >= 15 is 0 Å². The van der Waals surface area contributed by atoms with Gasteiger partial charge in [0.1, 0.15) is 24.3 Å². The van der Waals surface area contributed by atoms with Gasteiger partial charge in [-0.3, -0.25) is 9.69 Å². The maximum absolute atomic E-state index is 12.9. The van der Waals surface area contributed by atoms with Crippen LogP contribution in [0.5, 0.6) is 0 Å². The number of nitrogens with zero attached hydrogens (tertiary/aromatic N) is 1. The van der Waals surface area contributed by atoms with Gasteiger partial charge >= 0.3 is 18.2 Å². The summed E-state index contributed by atoms with van der Waals surface area (Å²) in [6.07, 6.45) is 0.667. The Morgan fingerprint density at radius 3 is 2.50 bits per heavy atom. The molecule has 1 aromatic rings. The number of carbonyl (C=O) groups is 4. The first-order chi connectivity index (χ1) is 16.1. The summed E-state index contributed by atoms with van der Waals surface area (Å²) in [4.78, 5) is 50.8. The lowest BCUT2D eigenvalue weighted by molar-refractivity contribution is -0.145. The van der Waals surface area contributed by atoms with Crippen LogP contribution in [-0.4, -0.2) is 66.8 Å². The van der Waals surface area contributed by atoms with E-state index in [0.717, 1.165) is 5.56 Å². The van der Waals surface area contributed by atoms with Crippen LogP contribution in [0.15, 0.2) is 30.3 Å². The Hall–Kier alpha value is -3.30. The molecule has 10 heteroatoms. The molecule has 2 rings (SSSR count). The summed E-state index contributed by atoms with van der Waals surface area (Å²) in [7, 11) is 1.24. The molecule has 1 aliphatic heterocycles. The molecule has 2 atom stereocenters. The zero-order chi connectivity index (χ0) is 25.1. The molecule has 1 heterocycles. The molecule has 0 aliphatic carbocycles. The van der Waals surface area contributed by atoms with Crippen molar-refractivity contribution in [1.29, 1.82) is 0 Å². The van der Waals surface area contributed by atoms with Crippen LogP contribution in [0.25, 0.3) is 0 Å². The lowest BCUT2D eigenvalue weighted by Crippen LogP contribution is -2.52. The first-order valence-corrected chi connectivity index (χ1v) is 11.4. The van der Waals surface area contributed by atoms with E-state index in [4.69, 9.17) is 14.2 Å². The van der Waals surface area contributed by atoms with E-state index in [1.54, 1.807) is 20.8 Å². The van der Waals surface area contributed by atoms with Crippen molar-refractivity contribution in [2.24, 2.45) is 0 Å². The molecule has 0 saturated carbocycles. The molecular weight excluding hydrogens is 442 g/mol. The number of likely N-dealkylation sites (tertiary alicyclic amines) is 1. The van der Waals surface area contributed by atoms with Crippen LogP contribution in [0.2, 0.25) is 0 Å². The molecule has 0 radical (unpaired) electrons. The van der Waals surface area contributed by atoms with Gasteiger partial charge in [-0.25, -0.2) is 14.4 Å². The summed E-state index contributed by atoms with van der Waals surface area (Å²) in [5.41, 5.74) is 0.197. The van der Waals surface area contributed by atoms with E-state index in [2.05, 4.69) is 10.6 Å². The second kappa shape index (κ2) is 12.8. The number of benzene rings is 1. The van der Waals surface area contributed by atoms with Crippen LogP contribution < -0.4 is 10.6 Å². The minimum absolute atomic E-state index is 0.156. The Morgan fingerprint density at radius 1 is 1.15 bits per heavy atom. The van der Waals surface area contributed by atoms with Crippen LogP contribution >= 0.6 is 0 Å². The van der Waals surface area contributed by atoms with Crippen LogP contribution in [0, 0.1) is 0 Å². The normalized spacial score (nSPS) is 16.4. The molecule has 1 unspecified atom stereocenters. The molecule has 1 saturated heterocycles. The number of alkyl carbamates (subject to hydrolysis) is 1. The Kier molecular flexibility index (Phi) is 10.2. The lowest BCUT2D eigenvalue weighted by Gasteiger charge is -2.28. The number of carbonyl (C=O) groups excluding carboxylic acids is 4. The van der Waals surface area contributed by atoms with Crippen molar-refractivity contribution in [3.05, 3.63) is 35.9 Å². The molecule has 34 heavy (non-hydrogen) atoms. The zero-order valence-corrected chi connectivity index (χ0v) is 20.3. The van der Waals surface area contributed by atoms with Crippen LogP contribution in [-0.2, 0) is 30.4 Å². The largest absolute Gasteiger partial charge is 0.467 e. The van der Waals surface area contributed by atoms with Crippen LogP contribution in [0.1, 0.15) is 52.0 Å². The number of rotatable bonds is 9. The van der Waals surface area contributed by atoms with E-state index in [1.807, 2.05) is 30.3 Å². The third kappa shape index (κ3) is 8.92. The first-order valence-electron chi connectivity index (χ1n) is 11.4. The number of methoxy groups -OCH3 is 1. The fourth-order valence-electron chi connectivity index (χ4n) is 3.51. The second-order valence-corrected chi connectivity index (χ2v) is 9.05. The summed E-state index contributed by atoms with van der Waals surface area (Å²) in [5.74, 6) is -1.03. The maximum Gasteiger partial charge on any atom is 0.410 e. The van der Waals surface area contributed by atoms with Gasteiger partial charge in [-0.1, -0.05) is 30.3 Å². The first kappa shape index (κ1) is 26.9. The van der Waals surface area contributed by atoms with Gasteiger partial charge in [0.2, 0.25) is 5.91 Å². The molecule has 0 spiro atoms. The Bertz CT molecular complexity index is 839. The molecular formula is C24H35N3O7. The number of hydrogen-bond acceptors (Lipinski definition) is 7. The molecule has 3 amide bonds. The van der Waals surface area contributed by atoms with Crippen molar-refractivity contribution in [3.63, 3.8) is 0 Å². The number of ether oxygens (including phenoxy) is 3. The molecule has 188 valence electrons. The van der Waals surface area contributed by atoms with Gasteiger partial charge in [0.25, 0.3) is 0 Å². The highest BCUT2D eigenvalue weighted by atomic mass is 16.6. The molecule has 1 aliphatic rings. The third-order valence-electron chi connectivity index (χ3n) is 5.14. The Labute approximate surface area is 200 Å². The van der Waals surface area contributed by atoms with Gasteiger partial charge in [0, 0.05) is 13.1 Å².